The van der Waals surface area contributed by atoms with Crippen molar-refractivity contribution < 1.29 is 42.7 Å². The van der Waals surface area contributed by atoms with Crippen molar-refractivity contribution in [3.8, 4) is 34.5 Å². The van der Waals surface area contributed by atoms with Gasteiger partial charge >= 0.3 is 5.97 Å². The van der Waals surface area contributed by atoms with Crippen LogP contribution < -0.4 is 50.9 Å². The van der Waals surface area contributed by atoms with Gasteiger partial charge in [-0.05, 0) is 69.4 Å². The molecule has 4 aromatic rings. The summed E-state index contributed by atoms with van der Waals surface area (Å²) in [4.78, 5) is 27.0. The zero-order valence-electron chi connectivity index (χ0n) is 31.4. The van der Waals surface area contributed by atoms with Crippen LogP contribution >= 0.6 is 22.7 Å². The maximum absolute atomic E-state index is 12.8. The molecule has 296 valence electrons. The predicted octanol–water partition coefficient (Wildman–Crippen LogP) is 7.80. The predicted molar refractivity (Wildman–Crippen MR) is 218 cm³/mol. The van der Waals surface area contributed by atoms with Crippen molar-refractivity contribution in [2.45, 2.75) is 65.7 Å². The zero-order chi connectivity index (χ0) is 38.7. The minimum absolute atomic E-state index is 0. The van der Waals surface area contributed by atoms with Gasteiger partial charge in [0.1, 0.15) is 5.00 Å². The Labute approximate surface area is 326 Å². The molecule has 2 aliphatic rings. The number of thiophene rings is 2. The van der Waals surface area contributed by atoms with E-state index >= 15 is 0 Å². The second kappa shape index (κ2) is 20.4. The maximum Gasteiger partial charge on any atom is 0.341 e. The zero-order valence-corrected chi connectivity index (χ0v) is 33.0. The number of fused-ring (bicyclic) bond motifs is 2. The SMILES string of the molecule is C.CCOC(=O)c1c(N)sc2c1CCCC2.COc1cc(N)cc(OC)c1OC.COc1cc(NC(=O)c2c(N)sc3c2CCCC3)cc(OC)c1OC. The van der Waals surface area contributed by atoms with Gasteiger partial charge in [0, 0.05) is 45.4 Å². The minimum atomic E-state index is -0.255. The Morgan fingerprint density at radius 2 is 1.04 bits per heavy atom. The number of nitrogens with two attached hydrogens (primary N) is 3. The van der Waals surface area contributed by atoms with E-state index in [4.69, 9.17) is 50.4 Å². The van der Waals surface area contributed by atoms with E-state index in [1.807, 2.05) is 6.92 Å². The molecule has 1 amide bonds. The summed E-state index contributed by atoms with van der Waals surface area (Å²) in [5.74, 6) is 2.68. The fraction of sp³-hybridized carbons (Fsp3) is 0.436. The van der Waals surface area contributed by atoms with Gasteiger partial charge in [0.15, 0.2) is 23.0 Å². The monoisotopic (exact) mass is 786 g/mol. The second-order valence-corrected chi connectivity index (χ2v) is 14.2. The number of amides is 1. The van der Waals surface area contributed by atoms with Gasteiger partial charge in [-0.3, -0.25) is 4.79 Å². The number of hydrogen-bond acceptors (Lipinski definition) is 14. The number of methoxy groups -OCH3 is 6. The van der Waals surface area contributed by atoms with Crippen molar-refractivity contribution in [3.63, 3.8) is 0 Å². The van der Waals surface area contributed by atoms with E-state index in [0.29, 0.717) is 73.6 Å². The van der Waals surface area contributed by atoms with E-state index in [2.05, 4.69) is 5.32 Å². The molecule has 54 heavy (non-hydrogen) atoms. The number of anilines is 4. The minimum Gasteiger partial charge on any atom is -0.493 e. The van der Waals surface area contributed by atoms with Crippen LogP contribution in [-0.2, 0) is 30.4 Å². The molecular weight excluding hydrogens is 733 g/mol. The molecule has 2 aromatic carbocycles. The molecule has 0 radical (unpaired) electrons. The van der Waals surface area contributed by atoms with Gasteiger partial charge in [-0.2, -0.15) is 0 Å². The molecule has 0 saturated heterocycles. The van der Waals surface area contributed by atoms with E-state index in [0.717, 1.165) is 56.1 Å². The van der Waals surface area contributed by atoms with Gasteiger partial charge in [-0.1, -0.05) is 7.43 Å². The number of hydrogen-bond donors (Lipinski definition) is 4. The molecule has 13 nitrogen and oxygen atoms in total. The molecule has 2 heterocycles. The lowest BCUT2D eigenvalue weighted by Crippen LogP contribution is -2.16. The van der Waals surface area contributed by atoms with E-state index in [1.54, 1.807) is 56.9 Å². The van der Waals surface area contributed by atoms with E-state index in [1.165, 1.54) is 48.8 Å². The van der Waals surface area contributed by atoms with Crippen molar-refractivity contribution >= 4 is 55.9 Å². The summed E-state index contributed by atoms with van der Waals surface area (Å²) in [5, 5.41) is 4.11. The lowest BCUT2D eigenvalue weighted by Gasteiger charge is -2.15. The van der Waals surface area contributed by atoms with Gasteiger partial charge in [0.25, 0.3) is 5.91 Å². The van der Waals surface area contributed by atoms with E-state index in [9.17, 15) is 9.59 Å². The first-order chi connectivity index (χ1) is 25.5. The molecule has 0 bridgehead atoms. The lowest BCUT2D eigenvalue weighted by molar-refractivity contribution is 0.0526. The van der Waals surface area contributed by atoms with Crippen LogP contribution in [0.2, 0.25) is 0 Å². The Morgan fingerprint density at radius 1 is 0.630 bits per heavy atom. The molecule has 15 heteroatoms. The maximum atomic E-state index is 12.8. The number of ether oxygens (including phenoxy) is 7. The molecular formula is C39H54N4O9S2. The van der Waals surface area contributed by atoms with Crippen molar-refractivity contribution in [2.75, 3.05) is 71.8 Å². The molecule has 2 aliphatic carbocycles. The highest BCUT2D eigenvalue weighted by atomic mass is 32.1. The fourth-order valence-electron chi connectivity index (χ4n) is 6.30. The summed E-state index contributed by atoms with van der Waals surface area (Å²) >= 11 is 3.07. The third kappa shape index (κ3) is 9.94. The quantitative estimate of drug-likeness (QED) is 0.0903. The van der Waals surface area contributed by atoms with Crippen LogP contribution in [0.5, 0.6) is 34.5 Å². The molecule has 6 rings (SSSR count). The standard InChI is InChI=1S/C18H22N2O4S.C11H15NO2S.C9H13NO3.CH4/c1-22-12-8-10(9-13(23-2)16(12)24-3)20-18(21)15-11-6-4-5-7-14(11)25-17(15)19;1-2-14-11(13)9-7-5-3-4-6-8(7)15-10(9)12;1-11-7-4-6(10)5-8(12-2)9(7)13-3;/h8-9H,4-7,19H2,1-3H3,(H,20,21);2-6,12H2,1H3;4-5H,10H2,1-3H3;1H4. The third-order valence-electron chi connectivity index (χ3n) is 8.71. The van der Waals surface area contributed by atoms with Crippen LogP contribution in [0.25, 0.3) is 0 Å². The average molecular weight is 787 g/mol. The first-order valence-electron chi connectivity index (χ1n) is 17.2. The van der Waals surface area contributed by atoms with Crippen LogP contribution in [-0.4, -0.2) is 61.1 Å². The van der Waals surface area contributed by atoms with Crippen molar-refractivity contribution in [2.24, 2.45) is 0 Å². The second-order valence-electron chi connectivity index (χ2n) is 11.9. The summed E-state index contributed by atoms with van der Waals surface area (Å²) < 4.78 is 36.2. The average Bonchev–Trinajstić information content (AvgIpc) is 3.69. The lowest BCUT2D eigenvalue weighted by atomic mass is 9.95. The van der Waals surface area contributed by atoms with Crippen molar-refractivity contribution in [1.82, 2.24) is 0 Å². The number of esters is 1. The van der Waals surface area contributed by atoms with Gasteiger partial charge < -0.3 is 55.7 Å². The van der Waals surface area contributed by atoms with Crippen LogP contribution in [0.4, 0.5) is 21.4 Å². The van der Waals surface area contributed by atoms with Crippen molar-refractivity contribution in [3.05, 3.63) is 56.3 Å². The van der Waals surface area contributed by atoms with Gasteiger partial charge in [-0.15, -0.1) is 22.7 Å². The Kier molecular flexibility index (Phi) is 16.4. The van der Waals surface area contributed by atoms with E-state index < -0.39 is 0 Å². The number of aryl methyl sites for hydroxylation is 2. The number of nitrogens with one attached hydrogen (secondary N) is 1. The highest BCUT2D eigenvalue weighted by Gasteiger charge is 2.26. The number of nitrogen functional groups attached to an aromatic ring is 3. The summed E-state index contributed by atoms with van der Waals surface area (Å²) in [6.45, 7) is 2.22. The highest BCUT2D eigenvalue weighted by Crippen LogP contribution is 2.42. The van der Waals surface area contributed by atoms with Gasteiger partial charge in [-0.25, -0.2) is 4.79 Å². The Bertz CT molecular complexity index is 1840. The van der Waals surface area contributed by atoms with Crippen LogP contribution in [0.1, 0.15) is 81.6 Å². The summed E-state index contributed by atoms with van der Waals surface area (Å²) in [6, 6.07) is 6.77. The highest BCUT2D eigenvalue weighted by molar-refractivity contribution is 7.16. The summed E-state index contributed by atoms with van der Waals surface area (Å²) in [7, 11) is 9.27. The molecule has 0 saturated carbocycles. The number of carbonyl (C=O) groups is 2. The molecule has 0 unspecified atom stereocenters. The third-order valence-corrected chi connectivity index (χ3v) is 11.0. The molecule has 0 spiro atoms. The molecule has 0 aliphatic heterocycles. The smallest absolute Gasteiger partial charge is 0.341 e. The molecule has 0 fully saturated rings. The van der Waals surface area contributed by atoms with Gasteiger partial charge in [0.2, 0.25) is 11.5 Å². The number of rotatable bonds is 10. The summed E-state index contributed by atoms with van der Waals surface area (Å²) in [5.41, 5.74) is 22.2. The molecule has 0 atom stereocenters. The number of benzene rings is 2. The van der Waals surface area contributed by atoms with Crippen LogP contribution in [0.3, 0.4) is 0 Å². The Hall–Kier alpha value is -5.02. The number of carbonyl (C=O) groups excluding carboxylic acids is 2. The normalized spacial score (nSPS) is 12.4. The van der Waals surface area contributed by atoms with Crippen LogP contribution in [0, 0.1) is 0 Å². The van der Waals surface area contributed by atoms with Crippen molar-refractivity contribution in [1.29, 1.82) is 0 Å². The Balaban J connectivity index is 0.000000232. The summed E-state index contributed by atoms with van der Waals surface area (Å²) in [6.07, 6.45) is 8.53. The first-order valence-corrected chi connectivity index (χ1v) is 18.8. The largest absolute Gasteiger partial charge is 0.493 e. The molecule has 7 N–H and O–H groups in total. The van der Waals surface area contributed by atoms with Crippen LogP contribution in [0.15, 0.2) is 24.3 Å². The van der Waals surface area contributed by atoms with E-state index in [-0.39, 0.29) is 19.3 Å². The van der Waals surface area contributed by atoms with Gasteiger partial charge in [0.05, 0.1) is 65.4 Å². The molecule has 2 aromatic heterocycles. The Morgan fingerprint density at radius 3 is 1.46 bits per heavy atom. The first kappa shape index (κ1) is 43.4. The topological polar surface area (TPSA) is 189 Å². The fourth-order valence-corrected chi connectivity index (χ4v) is 8.60.